The lowest BCUT2D eigenvalue weighted by Gasteiger charge is -2.36. The molecule has 5 aromatic carbocycles. The van der Waals surface area contributed by atoms with Crippen LogP contribution in [0.5, 0.6) is 11.5 Å². The molecule has 0 fully saturated rings. The molecule has 12 nitrogen and oxygen atoms in total. The highest BCUT2D eigenvalue weighted by atomic mass is 35.5. The standard InChI is InChI=1S/C45H34Cl2N4O8S2/c46-35-16-7-28(18-36(35)47)25-58-34-14-12-31(13-15-34)42-44(53)49-37-20-32-21-39(51(24-33(32)22-40(37)59-42)61(56,57)41-2-1-17-60-41)43(52)50-38(45(54)55)19-26-3-8-29(9-4-26)30-10-5-27(23-48)6-11-30/h1-18,20,22,38-39,42H,19,21,24-25H2,(H,49,53)(H,50,52)(H,54,55)/t38?,39-,42-/m0/s1. The maximum absolute atomic E-state index is 14.1. The fourth-order valence-corrected chi connectivity index (χ4v) is 10.2. The summed E-state index contributed by atoms with van der Waals surface area (Å²) in [6.07, 6.45) is -1.20. The van der Waals surface area contributed by atoms with E-state index in [2.05, 4.69) is 16.7 Å². The number of fused-ring (bicyclic) bond motifs is 2. The first-order valence-electron chi connectivity index (χ1n) is 18.8. The third-order valence-corrected chi connectivity index (χ3v) is 14.4. The molecular weight excluding hydrogens is 860 g/mol. The van der Waals surface area contributed by atoms with E-state index in [1.165, 1.54) is 6.07 Å². The van der Waals surface area contributed by atoms with E-state index < -0.39 is 46.0 Å². The number of carbonyl (C=O) groups excluding carboxylic acids is 2. The minimum atomic E-state index is -4.23. The van der Waals surface area contributed by atoms with E-state index >= 15 is 0 Å². The van der Waals surface area contributed by atoms with Crippen molar-refractivity contribution in [2.24, 2.45) is 0 Å². The largest absolute Gasteiger partial charge is 0.489 e. The fraction of sp³-hybridized carbons (Fsp3) is 0.156. The van der Waals surface area contributed by atoms with Gasteiger partial charge in [-0.15, -0.1) is 11.3 Å². The number of halogens is 2. The monoisotopic (exact) mass is 892 g/mol. The normalized spacial score (nSPS) is 16.5. The second-order valence-electron chi connectivity index (χ2n) is 14.4. The van der Waals surface area contributed by atoms with Gasteiger partial charge in [-0.3, -0.25) is 9.59 Å². The number of thiophene rings is 1. The highest BCUT2D eigenvalue weighted by Gasteiger charge is 2.42. The smallest absolute Gasteiger partial charge is 0.326 e. The highest BCUT2D eigenvalue weighted by molar-refractivity contribution is 7.91. The van der Waals surface area contributed by atoms with Gasteiger partial charge in [-0.2, -0.15) is 9.57 Å². The Bertz CT molecular complexity index is 2800. The van der Waals surface area contributed by atoms with Gasteiger partial charge < -0.3 is 25.2 Å². The lowest BCUT2D eigenvalue weighted by molar-refractivity contribution is -0.142. The first-order chi connectivity index (χ1) is 29.4. The van der Waals surface area contributed by atoms with Crippen LogP contribution in [0.1, 0.15) is 39.5 Å². The number of hydrogen-bond donors (Lipinski definition) is 3. The van der Waals surface area contributed by atoms with Gasteiger partial charge in [0.25, 0.3) is 15.9 Å². The van der Waals surface area contributed by atoms with Crippen molar-refractivity contribution in [1.82, 2.24) is 9.62 Å². The molecule has 0 saturated heterocycles. The van der Waals surface area contributed by atoms with Gasteiger partial charge in [0.05, 0.1) is 27.4 Å². The van der Waals surface area contributed by atoms with Gasteiger partial charge >= 0.3 is 5.97 Å². The van der Waals surface area contributed by atoms with Crippen molar-refractivity contribution in [3.05, 3.63) is 164 Å². The molecular formula is C45H34Cl2N4O8S2. The van der Waals surface area contributed by atoms with Crippen LogP contribution in [0.15, 0.2) is 125 Å². The van der Waals surface area contributed by atoms with Crippen LogP contribution in [-0.4, -0.2) is 47.7 Å². The van der Waals surface area contributed by atoms with Crippen molar-refractivity contribution >= 4 is 68.0 Å². The van der Waals surface area contributed by atoms with Crippen LogP contribution in [0.4, 0.5) is 5.69 Å². The van der Waals surface area contributed by atoms with Crippen LogP contribution < -0.4 is 20.1 Å². The summed E-state index contributed by atoms with van der Waals surface area (Å²) < 4.78 is 41.5. The van der Waals surface area contributed by atoms with Gasteiger partial charge in [0, 0.05) is 18.5 Å². The quantitative estimate of drug-likeness (QED) is 0.109. The Morgan fingerprint density at radius 1 is 0.934 bits per heavy atom. The number of amides is 2. The third kappa shape index (κ3) is 8.97. The van der Waals surface area contributed by atoms with E-state index in [0.717, 1.165) is 32.3 Å². The summed E-state index contributed by atoms with van der Waals surface area (Å²) >= 11 is 13.1. The Kier molecular flexibility index (Phi) is 11.9. The summed E-state index contributed by atoms with van der Waals surface area (Å²) in [6.45, 7) is 0.0244. The number of sulfonamides is 1. The van der Waals surface area contributed by atoms with E-state index in [-0.39, 0.29) is 30.2 Å². The Hall–Kier alpha value is -6.21. The van der Waals surface area contributed by atoms with Crippen LogP contribution in [0.25, 0.3) is 11.1 Å². The molecule has 1 aromatic heterocycles. The third-order valence-electron chi connectivity index (χ3n) is 10.4. The molecule has 0 radical (unpaired) electrons. The van der Waals surface area contributed by atoms with Crippen molar-refractivity contribution in [2.75, 3.05) is 5.32 Å². The number of rotatable bonds is 12. The van der Waals surface area contributed by atoms with Gasteiger partial charge in [0.2, 0.25) is 12.0 Å². The number of anilines is 1. The van der Waals surface area contributed by atoms with Crippen molar-refractivity contribution in [1.29, 1.82) is 5.26 Å². The van der Waals surface area contributed by atoms with Crippen LogP contribution in [0.3, 0.4) is 0 Å². The van der Waals surface area contributed by atoms with Crippen LogP contribution >= 0.6 is 34.5 Å². The number of hydrogen-bond acceptors (Lipinski definition) is 9. The predicted molar refractivity (Wildman–Crippen MR) is 230 cm³/mol. The fourth-order valence-electron chi connectivity index (χ4n) is 7.20. The number of carboxylic acids is 1. The molecule has 1 unspecified atom stereocenters. The molecule has 16 heteroatoms. The van der Waals surface area contributed by atoms with Gasteiger partial charge in [-0.1, -0.05) is 83.9 Å². The van der Waals surface area contributed by atoms with Crippen LogP contribution in [0.2, 0.25) is 10.0 Å². The van der Waals surface area contributed by atoms with Crippen LogP contribution in [0, 0.1) is 11.3 Å². The zero-order chi connectivity index (χ0) is 42.8. The summed E-state index contributed by atoms with van der Waals surface area (Å²) in [7, 11) is -4.23. The molecule has 2 aliphatic rings. The average molecular weight is 894 g/mol. The molecule has 308 valence electrons. The molecule has 2 amide bonds. The summed E-state index contributed by atoms with van der Waals surface area (Å²) in [5, 5.41) is 27.3. The summed E-state index contributed by atoms with van der Waals surface area (Å²) in [4.78, 5) is 40.1. The number of carbonyl (C=O) groups is 3. The first kappa shape index (κ1) is 41.5. The molecule has 2 aliphatic heterocycles. The number of nitrogens with one attached hydrogen (secondary N) is 2. The molecule has 0 bridgehead atoms. The van der Waals surface area contributed by atoms with Crippen LogP contribution in [-0.2, 0) is 50.4 Å². The van der Waals surface area contributed by atoms with Gasteiger partial charge in [-0.25, -0.2) is 13.2 Å². The topological polar surface area (TPSA) is 175 Å². The van der Waals surface area contributed by atoms with Gasteiger partial charge in [0.15, 0.2) is 0 Å². The molecule has 3 N–H and O–H groups in total. The van der Waals surface area contributed by atoms with Gasteiger partial charge in [0.1, 0.15) is 34.4 Å². The molecule has 0 saturated carbocycles. The number of carboxylic acid groups (broad SMARTS) is 1. The van der Waals surface area contributed by atoms with E-state index in [4.69, 9.17) is 37.9 Å². The minimum Gasteiger partial charge on any atom is -0.489 e. The Morgan fingerprint density at radius 3 is 2.30 bits per heavy atom. The van der Waals surface area contributed by atoms with Crippen molar-refractivity contribution in [3.8, 4) is 28.7 Å². The first-order valence-corrected chi connectivity index (χ1v) is 21.9. The summed E-state index contributed by atoms with van der Waals surface area (Å²) in [5.74, 6) is -1.64. The van der Waals surface area contributed by atoms with E-state index in [0.29, 0.717) is 55.0 Å². The predicted octanol–water partition coefficient (Wildman–Crippen LogP) is 8.17. The number of aliphatic carboxylic acids is 1. The minimum absolute atomic E-state index is 0.0248. The van der Waals surface area contributed by atoms with Crippen molar-refractivity contribution in [3.63, 3.8) is 0 Å². The molecule has 0 spiro atoms. The second kappa shape index (κ2) is 17.4. The molecule has 6 aromatic rings. The van der Waals surface area contributed by atoms with Crippen molar-refractivity contribution in [2.45, 2.75) is 48.4 Å². The maximum atomic E-state index is 14.1. The number of benzene rings is 5. The van der Waals surface area contributed by atoms with Gasteiger partial charge in [-0.05, 0) is 99.8 Å². The summed E-state index contributed by atoms with van der Waals surface area (Å²) in [6, 6.07) is 32.1. The Labute approximate surface area is 364 Å². The maximum Gasteiger partial charge on any atom is 0.326 e. The SMILES string of the molecule is N#Cc1ccc(-c2ccc(CC(NC(=O)[C@@H]3Cc4cc5c(cc4CN3S(=O)(=O)c3cccs3)O[C@@H](c3ccc(OCc4ccc(Cl)c(Cl)c4)cc3)C(=O)N5)C(=O)O)cc2)cc1. The van der Waals surface area contributed by atoms with Crippen molar-refractivity contribution < 1.29 is 37.4 Å². The second-order valence-corrected chi connectivity index (χ2v) is 18.3. The molecule has 8 rings (SSSR count). The molecule has 3 heterocycles. The average Bonchev–Trinajstić information content (AvgIpc) is 3.82. The molecule has 3 atom stereocenters. The molecule has 61 heavy (non-hydrogen) atoms. The lowest BCUT2D eigenvalue weighted by atomic mass is 9.93. The Morgan fingerprint density at radius 2 is 1.64 bits per heavy atom. The zero-order valence-corrected chi connectivity index (χ0v) is 35.0. The Balaban J connectivity index is 1.000. The van der Waals surface area contributed by atoms with E-state index in [1.54, 1.807) is 84.2 Å². The van der Waals surface area contributed by atoms with E-state index in [1.807, 2.05) is 30.3 Å². The zero-order valence-electron chi connectivity index (χ0n) is 31.9. The lowest BCUT2D eigenvalue weighted by Crippen LogP contribution is -2.55. The highest BCUT2D eigenvalue weighted by Crippen LogP contribution is 2.41. The number of ether oxygens (including phenoxy) is 2. The summed E-state index contributed by atoms with van der Waals surface area (Å²) in [5.41, 5.74) is 5.77. The van der Waals surface area contributed by atoms with E-state index in [9.17, 15) is 27.9 Å². The molecule has 0 aliphatic carbocycles. The number of nitriles is 1. The number of nitrogens with zero attached hydrogens (tertiary/aromatic N) is 2.